The average molecular weight is 320 g/mol. The van der Waals surface area contributed by atoms with Gasteiger partial charge in [0.1, 0.15) is 5.75 Å². The molecule has 4 heteroatoms. The number of aryl methyl sites for hydroxylation is 1. The van der Waals surface area contributed by atoms with Gasteiger partial charge in [-0.15, -0.1) is 0 Å². The van der Waals surface area contributed by atoms with E-state index in [1.165, 1.54) is 0 Å². The van der Waals surface area contributed by atoms with E-state index in [2.05, 4.69) is 16.3 Å². The van der Waals surface area contributed by atoms with Gasteiger partial charge in [-0.2, -0.15) is 10.2 Å². The molecule has 1 heterocycles. The number of carbonyl (C=O) groups excluding carboxylic acids is 1. The number of carbonyl (C=O) groups is 1. The van der Waals surface area contributed by atoms with E-state index >= 15 is 0 Å². The van der Waals surface area contributed by atoms with E-state index in [-0.39, 0.29) is 11.7 Å². The number of rotatable bonds is 2. The lowest BCUT2D eigenvalue weighted by atomic mass is 9.74. The molecule has 1 spiro atoms. The van der Waals surface area contributed by atoms with Gasteiger partial charge in [0.05, 0.1) is 13.7 Å². The van der Waals surface area contributed by atoms with Crippen molar-refractivity contribution in [1.29, 1.82) is 0 Å². The predicted octanol–water partition coefficient (Wildman–Crippen LogP) is 4.20. The molecule has 0 saturated heterocycles. The molecule has 0 N–H and O–H groups in total. The second-order valence-electron chi connectivity index (χ2n) is 6.51. The Balaban J connectivity index is 1.77. The van der Waals surface area contributed by atoms with Crippen molar-refractivity contribution >= 4 is 5.78 Å². The molecule has 0 saturated carbocycles. The van der Waals surface area contributed by atoms with Crippen LogP contribution >= 0.6 is 0 Å². The standard InChI is InChI=1S/C20H20N2O2/c1-24-16-10-8-15(9-11-16)18-13-21-22-20(18)12-4-6-14-5-2-3-7-17(14)19(20)23/h2-3,5,7-11,18H,4,6,12-13H2,1H3/t18-,20-/m1/s1. The van der Waals surface area contributed by atoms with Crippen molar-refractivity contribution in [2.75, 3.05) is 13.7 Å². The summed E-state index contributed by atoms with van der Waals surface area (Å²) in [5.41, 5.74) is 2.30. The normalized spacial score (nSPS) is 25.5. The number of benzene rings is 2. The number of hydrogen-bond donors (Lipinski definition) is 0. The Labute approximate surface area is 141 Å². The van der Waals surface area contributed by atoms with Crippen LogP contribution in [0.3, 0.4) is 0 Å². The molecule has 2 aromatic rings. The summed E-state index contributed by atoms with van der Waals surface area (Å²) in [6.45, 7) is 0.570. The van der Waals surface area contributed by atoms with Gasteiger partial charge in [-0.3, -0.25) is 4.79 Å². The van der Waals surface area contributed by atoms with Gasteiger partial charge < -0.3 is 4.74 Å². The molecule has 1 aliphatic heterocycles. The highest BCUT2D eigenvalue weighted by Crippen LogP contribution is 2.45. The van der Waals surface area contributed by atoms with Crippen LogP contribution in [0.15, 0.2) is 58.8 Å². The summed E-state index contributed by atoms with van der Waals surface area (Å²) < 4.78 is 5.24. The van der Waals surface area contributed by atoms with Gasteiger partial charge in [-0.05, 0) is 42.5 Å². The fourth-order valence-electron chi connectivity index (χ4n) is 3.97. The van der Waals surface area contributed by atoms with Crippen LogP contribution in [-0.2, 0) is 6.42 Å². The van der Waals surface area contributed by atoms with Crippen LogP contribution in [0.2, 0.25) is 0 Å². The predicted molar refractivity (Wildman–Crippen MR) is 91.9 cm³/mol. The first-order valence-corrected chi connectivity index (χ1v) is 8.40. The van der Waals surface area contributed by atoms with Crippen molar-refractivity contribution in [1.82, 2.24) is 0 Å². The molecule has 2 atom stereocenters. The van der Waals surface area contributed by atoms with E-state index in [1.807, 2.05) is 42.5 Å². The molecule has 4 nitrogen and oxygen atoms in total. The van der Waals surface area contributed by atoms with Gasteiger partial charge >= 0.3 is 0 Å². The highest BCUT2D eigenvalue weighted by atomic mass is 16.5. The minimum absolute atomic E-state index is 0.00191. The van der Waals surface area contributed by atoms with Crippen molar-refractivity contribution < 1.29 is 9.53 Å². The maximum atomic E-state index is 13.4. The van der Waals surface area contributed by atoms with Gasteiger partial charge in [0.15, 0.2) is 11.3 Å². The lowest BCUT2D eigenvalue weighted by Gasteiger charge is -2.29. The molecule has 0 aromatic heterocycles. The first kappa shape index (κ1) is 15.1. The Morgan fingerprint density at radius 2 is 1.92 bits per heavy atom. The molecule has 0 radical (unpaired) electrons. The summed E-state index contributed by atoms with van der Waals surface area (Å²) in [7, 11) is 1.66. The molecule has 0 amide bonds. The van der Waals surface area contributed by atoms with E-state index in [9.17, 15) is 4.79 Å². The van der Waals surface area contributed by atoms with E-state index in [0.717, 1.165) is 41.7 Å². The van der Waals surface area contributed by atoms with Gasteiger partial charge in [0.2, 0.25) is 0 Å². The Hall–Kier alpha value is -2.49. The Kier molecular flexibility index (Phi) is 3.68. The SMILES string of the molecule is COc1ccc([C@H]2CN=N[C@]23CCCc2ccccc2C3=O)cc1. The third-order valence-electron chi connectivity index (χ3n) is 5.27. The first-order chi connectivity index (χ1) is 11.7. The van der Waals surface area contributed by atoms with Crippen LogP contribution in [0.5, 0.6) is 5.75 Å². The number of fused-ring (bicyclic) bond motifs is 1. The zero-order valence-corrected chi connectivity index (χ0v) is 13.7. The molecule has 4 rings (SSSR count). The summed E-state index contributed by atoms with van der Waals surface area (Å²) in [5, 5.41) is 8.81. The second-order valence-corrected chi connectivity index (χ2v) is 6.51. The number of nitrogens with zero attached hydrogens (tertiary/aromatic N) is 2. The molecule has 122 valence electrons. The monoisotopic (exact) mass is 320 g/mol. The molecule has 0 fully saturated rings. The Morgan fingerprint density at radius 3 is 2.71 bits per heavy atom. The average Bonchev–Trinajstić information content (AvgIpc) is 3.00. The summed E-state index contributed by atoms with van der Waals surface area (Å²) in [5.74, 6) is 0.942. The molecule has 24 heavy (non-hydrogen) atoms. The molecular weight excluding hydrogens is 300 g/mol. The number of methoxy groups -OCH3 is 1. The van der Waals surface area contributed by atoms with E-state index in [4.69, 9.17) is 4.74 Å². The molecular formula is C20H20N2O2. The smallest absolute Gasteiger partial charge is 0.193 e. The van der Waals surface area contributed by atoms with Crippen molar-refractivity contribution in [2.45, 2.75) is 30.7 Å². The molecule has 1 aliphatic carbocycles. The van der Waals surface area contributed by atoms with Gasteiger partial charge in [-0.1, -0.05) is 36.4 Å². The quantitative estimate of drug-likeness (QED) is 0.832. The Morgan fingerprint density at radius 1 is 1.12 bits per heavy atom. The topological polar surface area (TPSA) is 51.0 Å². The number of Topliss-reactive ketones (excluding diaryl/α,β-unsaturated/α-hetero) is 1. The molecule has 0 bridgehead atoms. The van der Waals surface area contributed by atoms with Crippen LogP contribution in [0.4, 0.5) is 0 Å². The number of ether oxygens (including phenoxy) is 1. The maximum absolute atomic E-state index is 13.4. The van der Waals surface area contributed by atoms with Crippen molar-refractivity contribution in [3.63, 3.8) is 0 Å². The fraction of sp³-hybridized carbons (Fsp3) is 0.350. The third-order valence-corrected chi connectivity index (χ3v) is 5.27. The lowest BCUT2D eigenvalue weighted by molar-refractivity contribution is 0.0870. The fourth-order valence-corrected chi connectivity index (χ4v) is 3.97. The lowest BCUT2D eigenvalue weighted by Crippen LogP contribution is -2.40. The summed E-state index contributed by atoms with van der Waals surface area (Å²) in [6, 6.07) is 15.9. The molecule has 2 aromatic carbocycles. The summed E-state index contributed by atoms with van der Waals surface area (Å²) >= 11 is 0. The van der Waals surface area contributed by atoms with Gasteiger partial charge in [0.25, 0.3) is 0 Å². The minimum Gasteiger partial charge on any atom is -0.497 e. The third kappa shape index (κ3) is 2.25. The zero-order valence-electron chi connectivity index (χ0n) is 13.7. The molecule has 0 unspecified atom stereocenters. The van der Waals surface area contributed by atoms with Crippen molar-refractivity contribution in [3.8, 4) is 5.75 Å². The van der Waals surface area contributed by atoms with E-state index in [0.29, 0.717) is 6.54 Å². The summed E-state index contributed by atoms with van der Waals surface area (Å²) in [4.78, 5) is 13.4. The highest BCUT2D eigenvalue weighted by molar-refractivity contribution is 6.05. The van der Waals surface area contributed by atoms with Crippen LogP contribution < -0.4 is 4.74 Å². The number of hydrogen-bond acceptors (Lipinski definition) is 4. The van der Waals surface area contributed by atoms with E-state index < -0.39 is 5.54 Å². The van der Waals surface area contributed by atoms with Gasteiger partial charge in [0, 0.05) is 11.5 Å². The first-order valence-electron chi connectivity index (χ1n) is 8.40. The zero-order chi connectivity index (χ0) is 16.6. The largest absolute Gasteiger partial charge is 0.497 e. The van der Waals surface area contributed by atoms with Crippen LogP contribution in [0.25, 0.3) is 0 Å². The van der Waals surface area contributed by atoms with Crippen molar-refractivity contribution in [3.05, 3.63) is 65.2 Å². The number of azo groups is 1. The van der Waals surface area contributed by atoms with Gasteiger partial charge in [-0.25, -0.2) is 0 Å². The molecule has 2 aliphatic rings. The van der Waals surface area contributed by atoms with Crippen LogP contribution in [0.1, 0.15) is 40.2 Å². The Bertz CT molecular complexity index is 798. The highest BCUT2D eigenvalue weighted by Gasteiger charge is 2.50. The van der Waals surface area contributed by atoms with Crippen LogP contribution in [0, 0.1) is 0 Å². The van der Waals surface area contributed by atoms with Crippen LogP contribution in [-0.4, -0.2) is 25.0 Å². The second kappa shape index (κ2) is 5.86. The maximum Gasteiger partial charge on any atom is 0.193 e. The van der Waals surface area contributed by atoms with E-state index in [1.54, 1.807) is 7.11 Å². The van der Waals surface area contributed by atoms with Crippen molar-refractivity contribution in [2.24, 2.45) is 10.2 Å². The number of ketones is 1. The summed E-state index contributed by atoms with van der Waals surface area (Å²) in [6.07, 6.45) is 2.63. The minimum atomic E-state index is -0.749.